The number of hydrogen-bond donors (Lipinski definition) is 3. The molecule has 6 heteroatoms. The standard InChI is InChI=1S/C15H23N3O3/c1-21-15-8-11-3-6-18(14(11)9-13(15)16)12(10-20)2-4-17-5-7-19/h8-10,12,17,19H,2-7,16H2,1H3. The summed E-state index contributed by atoms with van der Waals surface area (Å²) in [5, 5.41) is 11.8. The minimum Gasteiger partial charge on any atom is -0.495 e. The number of nitrogen functional groups attached to an aromatic ring is 1. The highest BCUT2D eigenvalue weighted by molar-refractivity contribution is 5.74. The second-order valence-electron chi connectivity index (χ2n) is 5.13. The SMILES string of the molecule is COc1cc2c(cc1N)N(C(C=O)CCNCCO)CC2. The van der Waals surface area contributed by atoms with Gasteiger partial charge in [0.1, 0.15) is 12.0 Å². The largest absolute Gasteiger partial charge is 0.495 e. The minimum absolute atomic E-state index is 0.106. The van der Waals surface area contributed by atoms with Crippen LogP contribution < -0.4 is 20.7 Å². The zero-order valence-corrected chi connectivity index (χ0v) is 12.3. The lowest BCUT2D eigenvalue weighted by molar-refractivity contribution is -0.109. The summed E-state index contributed by atoms with van der Waals surface area (Å²) in [5.74, 6) is 0.683. The molecule has 1 heterocycles. The van der Waals surface area contributed by atoms with E-state index in [1.54, 1.807) is 7.11 Å². The summed E-state index contributed by atoms with van der Waals surface area (Å²) in [4.78, 5) is 13.5. The molecule has 0 bridgehead atoms. The number of aliphatic hydroxyl groups excluding tert-OH is 1. The Morgan fingerprint density at radius 1 is 1.52 bits per heavy atom. The molecule has 1 unspecified atom stereocenters. The lowest BCUT2D eigenvalue weighted by Crippen LogP contribution is -2.38. The number of aliphatic hydroxyl groups is 1. The van der Waals surface area contributed by atoms with E-state index >= 15 is 0 Å². The molecule has 116 valence electrons. The molecule has 1 atom stereocenters. The van der Waals surface area contributed by atoms with Crippen LogP contribution in [-0.4, -0.2) is 50.8 Å². The normalized spacial score (nSPS) is 14.9. The van der Waals surface area contributed by atoms with Gasteiger partial charge in [-0.1, -0.05) is 0 Å². The van der Waals surface area contributed by atoms with Crippen molar-refractivity contribution in [2.45, 2.75) is 18.9 Å². The van der Waals surface area contributed by atoms with E-state index in [4.69, 9.17) is 15.6 Å². The van der Waals surface area contributed by atoms with Gasteiger partial charge in [-0.05, 0) is 37.1 Å². The van der Waals surface area contributed by atoms with Gasteiger partial charge in [0, 0.05) is 18.8 Å². The average Bonchev–Trinajstić information content (AvgIpc) is 2.89. The van der Waals surface area contributed by atoms with E-state index in [1.807, 2.05) is 12.1 Å². The van der Waals surface area contributed by atoms with Crippen molar-refractivity contribution in [3.8, 4) is 5.75 Å². The summed E-state index contributed by atoms with van der Waals surface area (Å²) < 4.78 is 5.24. The van der Waals surface area contributed by atoms with Crippen molar-refractivity contribution < 1.29 is 14.6 Å². The number of nitrogens with zero attached hydrogens (tertiary/aromatic N) is 1. The van der Waals surface area contributed by atoms with Crippen LogP contribution in [-0.2, 0) is 11.2 Å². The zero-order valence-electron chi connectivity index (χ0n) is 12.3. The molecular formula is C15H23N3O3. The van der Waals surface area contributed by atoms with Crippen LogP contribution in [0.4, 0.5) is 11.4 Å². The predicted molar refractivity (Wildman–Crippen MR) is 82.9 cm³/mol. The zero-order chi connectivity index (χ0) is 15.2. The predicted octanol–water partition coefficient (Wildman–Crippen LogP) is 0.179. The lowest BCUT2D eigenvalue weighted by atomic mass is 10.1. The third-order valence-corrected chi connectivity index (χ3v) is 3.83. The Bertz CT molecular complexity index is 493. The molecule has 1 aromatic rings. The molecule has 0 amide bonds. The molecule has 2 rings (SSSR count). The third kappa shape index (κ3) is 3.46. The number of hydrogen-bond acceptors (Lipinski definition) is 6. The van der Waals surface area contributed by atoms with Gasteiger partial charge in [-0.25, -0.2) is 0 Å². The van der Waals surface area contributed by atoms with Gasteiger partial charge in [0.05, 0.1) is 25.4 Å². The maximum Gasteiger partial charge on any atom is 0.142 e. The van der Waals surface area contributed by atoms with E-state index in [0.29, 0.717) is 30.9 Å². The molecule has 1 aliphatic rings. The van der Waals surface area contributed by atoms with Crippen molar-refractivity contribution >= 4 is 17.7 Å². The second kappa shape index (κ2) is 7.28. The topological polar surface area (TPSA) is 87.8 Å². The van der Waals surface area contributed by atoms with Crippen molar-refractivity contribution in [3.05, 3.63) is 17.7 Å². The highest BCUT2D eigenvalue weighted by Crippen LogP contribution is 2.36. The van der Waals surface area contributed by atoms with E-state index in [1.165, 1.54) is 0 Å². The van der Waals surface area contributed by atoms with Gasteiger partial charge in [0.15, 0.2) is 0 Å². The highest BCUT2D eigenvalue weighted by atomic mass is 16.5. The fourth-order valence-corrected chi connectivity index (χ4v) is 2.73. The number of nitrogens with one attached hydrogen (secondary N) is 1. The third-order valence-electron chi connectivity index (χ3n) is 3.83. The number of carbonyl (C=O) groups excluding carboxylic acids is 1. The molecule has 1 aromatic carbocycles. The summed E-state index contributed by atoms with van der Waals surface area (Å²) in [6.45, 7) is 2.16. The molecule has 4 N–H and O–H groups in total. The Kier molecular flexibility index (Phi) is 5.41. The first kappa shape index (κ1) is 15.6. The number of fused-ring (bicyclic) bond motifs is 1. The number of ether oxygens (including phenoxy) is 1. The molecule has 0 saturated carbocycles. The first-order valence-electron chi connectivity index (χ1n) is 7.21. The van der Waals surface area contributed by atoms with Crippen LogP contribution in [0.15, 0.2) is 12.1 Å². The fraction of sp³-hybridized carbons (Fsp3) is 0.533. The van der Waals surface area contributed by atoms with Gasteiger partial charge < -0.3 is 30.6 Å². The number of methoxy groups -OCH3 is 1. The van der Waals surface area contributed by atoms with Crippen LogP contribution >= 0.6 is 0 Å². The van der Waals surface area contributed by atoms with Crippen molar-refractivity contribution in [3.63, 3.8) is 0 Å². The number of anilines is 2. The Balaban J connectivity index is 2.09. The second-order valence-corrected chi connectivity index (χ2v) is 5.13. The van der Waals surface area contributed by atoms with E-state index in [0.717, 1.165) is 30.5 Å². The smallest absolute Gasteiger partial charge is 0.142 e. The quantitative estimate of drug-likeness (QED) is 0.360. The first-order valence-corrected chi connectivity index (χ1v) is 7.21. The number of rotatable bonds is 8. The summed E-state index contributed by atoms with van der Waals surface area (Å²) in [5.41, 5.74) is 8.74. The molecular weight excluding hydrogens is 270 g/mol. The minimum atomic E-state index is -0.176. The van der Waals surface area contributed by atoms with Crippen LogP contribution in [0.5, 0.6) is 5.75 Å². The average molecular weight is 293 g/mol. The van der Waals surface area contributed by atoms with Gasteiger partial charge in [0.25, 0.3) is 0 Å². The summed E-state index contributed by atoms with van der Waals surface area (Å²) in [7, 11) is 1.60. The van der Waals surface area contributed by atoms with E-state index < -0.39 is 0 Å². The van der Waals surface area contributed by atoms with Gasteiger partial charge in [-0.3, -0.25) is 0 Å². The molecule has 6 nitrogen and oxygen atoms in total. The maximum atomic E-state index is 11.4. The van der Waals surface area contributed by atoms with Crippen LogP contribution in [0, 0.1) is 0 Å². The van der Waals surface area contributed by atoms with Crippen molar-refractivity contribution in [1.82, 2.24) is 5.32 Å². The number of carbonyl (C=O) groups is 1. The van der Waals surface area contributed by atoms with Gasteiger partial charge in [0.2, 0.25) is 0 Å². The molecule has 1 aliphatic heterocycles. The molecule has 0 aromatic heterocycles. The highest BCUT2D eigenvalue weighted by Gasteiger charge is 2.26. The van der Waals surface area contributed by atoms with Crippen molar-refractivity contribution in [2.24, 2.45) is 0 Å². The molecule has 0 spiro atoms. The maximum absolute atomic E-state index is 11.4. The lowest BCUT2D eigenvalue weighted by Gasteiger charge is -2.26. The summed E-state index contributed by atoms with van der Waals surface area (Å²) in [6.07, 6.45) is 2.57. The number of nitrogens with two attached hydrogens (primary N) is 1. The van der Waals surface area contributed by atoms with Gasteiger partial charge in [-0.2, -0.15) is 0 Å². The van der Waals surface area contributed by atoms with Gasteiger partial charge >= 0.3 is 0 Å². The summed E-state index contributed by atoms with van der Waals surface area (Å²) >= 11 is 0. The monoisotopic (exact) mass is 293 g/mol. The molecule has 0 saturated heterocycles. The number of aldehydes is 1. The number of benzene rings is 1. The Morgan fingerprint density at radius 3 is 3.00 bits per heavy atom. The van der Waals surface area contributed by atoms with Crippen LogP contribution in [0.1, 0.15) is 12.0 Å². The van der Waals surface area contributed by atoms with Crippen LogP contribution in [0.25, 0.3) is 0 Å². The molecule has 0 fully saturated rings. The Morgan fingerprint density at radius 2 is 2.33 bits per heavy atom. The van der Waals surface area contributed by atoms with Crippen LogP contribution in [0.2, 0.25) is 0 Å². The fourth-order valence-electron chi connectivity index (χ4n) is 2.73. The van der Waals surface area contributed by atoms with Crippen LogP contribution in [0.3, 0.4) is 0 Å². The van der Waals surface area contributed by atoms with Crippen molar-refractivity contribution in [1.29, 1.82) is 0 Å². The molecule has 0 aliphatic carbocycles. The van der Waals surface area contributed by atoms with Crippen molar-refractivity contribution in [2.75, 3.05) is 44.0 Å². The Hall–Kier alpha value is -1.79. The summed E-state index contributed by atoms with van der Waals surface area (Å²) in [6, 6.07) is 3.67. The molecule has 0 radical (unpaired) electrons. The van der Waals surface area contributed by atoms with E-state index in [2.05, 4.69) is 10.2 Å². The van der Waals surface area contributed by atoms with E-state index in [-0.39, 0.29) is 12.6 Å². The van der Waals surface area contributed by atoms with Gasteiger partial charge in [-0.15, -0.1) is 0 Å². The Labute approximate surface area is 124 Å². The van der Waals surface area contributed by atoms with E-state index in [9.17, 15) is 4.79 Å². The molecule has 21 heavy (non-hydrogen) atoms. The first-order chi connectivity index (χ1) is 10.2.